The summed E-state index contributed by atoms with van der Waals surface area (Å²) in [6.07, 6.45) is -0.437. The standard InChI is InChI=1S/C20H18F2N2O5S/c1-12-9-18(29-24-12)13-3-6-17(28-2)19(10-13)30(26,27)8-7-20(25)23-16-5-4-14(21)11-15(16)22/h3-6,9-11H,7-8H2,1-2H3,(H,23,25). The summed E-state index contributed by atoms with van der Waals surface area (Å²) in [4.78, 5) is 12.0. The molecule has 2 aromatic carbocycles. The second kappa shape index (κ2) is 8.62. The number of nitrogens with one attached hydrogen (secondary N) is 1. The molecule has 30 heavy (non-hydrogen) atoms. The summed E-state index contributed by atoms with van der Waals surface area (Å²) in [5.74, 6) is -2.53. The number of halogens is 2. The van der Waals surface area contributed by atoms with Gasteiger partial charge >= 0.3 is 0 Å². The number of rotatable bonds is 7. The van der Waals surface area contributed by atoms with E-state index in [-0.39, 0.29) is 16.3 Å². The average molecular weight is 436 g/mol. The molecule has 158 valence electrons. The molecular weight excluding hydrogens is 418 g/mol. The van der Waals surface area contributed by atoms with Gasteiger partial charge in [0.2, 0.25) is 5.91 Å². The summed E-state index contributed by atoms with van der Waals surface area (Å²) < 4.78 is 62.6. The Morgan fingerprint density at radius 1 is 1.17 bits per heavy atom. The Bertz CT molecular complexity index is 1190. The van der Waals surface area contributed by atoms with E-state index >= 15 is 0 Å². The first-order valence-electron chi connectivity index (χ1n) is 8.79. The van der Waals surface area contributed by atoms with Crippen molar-refractivity contribution >= 4 is 21.4 Å². The lowest BCUT2D eigenvalue weighted by Crippen LogP contribution is -2.18. The molecule has 0 atom stereocenters. The molecule has 1 N–H and O–H groups in total. The number of aromatic nitrogens is 1. The summed E-state index contributed by atoms with van der Waals surface area (Å²) in [6.45, 7) is 1.73. The van der Waals surface area contributed by atoms with Gasteiger partial charge in [0.25, 0.3) is 0 Å². The monoisotopic (exact) mass is 436 g/mol. The van der Waals surface area contributed by atoms with Crippen molar-refractivity contribution in [2.24, 2.45) is 0 Å². The van der Waals surface area contributed by atoms with Crippen LogP contribution in [0.15, 0.2) is 51.9 Å². The second-order valence-electron chi connectivity index (χ2n) is 6.44. The number of carbonyl (C=O) groups excluding carboxylic acids is 1. The van der Waals surface area contributed by atoms with Crippen LogP contribution in [-0.4, -0.2) is 32.3 Å². The Labute approximate surface area is 171 Å². The smallest absolute Gasteiger partial charge is 0.225 e. The van der Waals surface area contributed by atoms with Gasteiger partial charge in [-0.05, 0) is 37.3 Å². The molecule has 0 saturated carbocycles. The Morgan fingerprint density at radius 3 is 2.57 bits per heavy atom. The number of anilines is 1. The maximum atomic E-state index is 13.7. The third-order valence-corrected chi connectivity index (χ3v) is 5.94. The molecule has 0 radical (unpaired) electrons. The van der Waals surface area contributed by atoms with E-state index in [4.69, 9.17) is 9.26 Å². The summed E-state index contributed by atoms with van der Waals surface area (Å²) in [7, 11) is -2.60. The highest BCUT2D eigenvalue weighted by Gasteiger charge is 2.23. The van der Waals surface area contributed by atoms with Gasteiger partial charge in [0, 0.05) is 24.1 Å². The first kappa shape index (κ1) is 21.4. The third-order valence-electron chi connectivity index (χ3n) is 4.21. The summed E-state index contributed by atoms with van der Waals surface area (Å²) >= 11 is 0. The Morgan fingerprint density at radius 2 is 1.93 bits per heavy atom. The van der Waals surface area contributed by atoms with Crippen LogP contribution in [0.25, 0.3) is 11.3 Å². The van der Waals surface area contributed by atoms with Crippen molar-refractivity contribution < 1.29 is 31.3 Å². The van der Waals surface area contributed by atoms with Crippen LogP contribution in [0.5, 0.6) is 5.75 Å². The molecule has 10 heteroatoms. The van der Waals surface area contributed by atoms with Crippen molar-refractivity contribution in [2.45, 2.75) is 18.2 Å². The van der Waals surface area contributed by atoms with E-state index < -0.39 is 39.6 Å². The molecule has 0 fully saturated rings. The number of sulfone groups is 1. The van der Waals surface area contributed by atoms with Crippen molar-refractivity contribution in [3.63, 3.8) is 0 Å². The fraction of sp³-hybridized carbons (Fsp3) is 0.200. The van der Waals surface area contributed by atoms with Crippen LogP contribution in [0.3, 0.4) is 0 Å². The molecule has 3 aromatic rings. The molecule has 0 spiro atoms. The van der Waals surface area contributed by atoms with Gasteiger partial charge in [-0.1, -0.05) is 5.16 Å². The predicted octanol–water partition coefficient (Wildman–Crippen LogP) is 3.74. The van der Waals surface area contributed by atoms with E-state index in [0.717, 1.165) is 12.1 Å². The Balaban J connectivity index is 1.78. The zero-order chi connectivity index (χ0) is 21.9. The number of ether oxygens (including phenoxy) is 1. The second-order valence-corrected chi connectivity index (χ2v) is 8.52. The number of carbonyl (C=O) groups is 1. The van der Waals surface area contributed by atoms with E-state index in [9.17, 15) is 22.0 Å². The van der Waals surface area contributed by atoms with Crippen LogP contribution in [0, 0.1) is 18.6 Å². The summed E-state index contributed by atoms with van der Waals surface area (Å²) in [5.41, 5.74) is 0.877. The maximum Gasteiger partial charge on any atom is 0.225 e. The van der Waals surface area contributed by atoms with E-state index in [1.807, 2.05) is 0 Å². The molecule has 0 unspecified atom stereocenters. The first-order chi connectivity index (χ1) is 14.2. The van der Waals surface area contributed by atoms with Crippen LogP contribution >= 0.6 is 0 Å². The lowest BCUT2D eigenvalue weighted by molar-refractivity contribution is -0.115. The lowest BCUT2D eigenvalue weighted by Gasteiger charge is -2.11. The van der Waals surface area contributed by atoms with Crippen molar-refractivity contribution in [2.75, 3.05) is 18.2 Å². The Kier molecular flexibility index (Phi) is 6.16. The fourth-order valence-corrected chi connectivity index (χ4v) is 4.15. The molecule has 1 heterocycles. The van der Waals surface area contributed by atoms with Gasteiger partial charge in [-0.25, -0.2) is 17.2 Å². The summed E-state index contributed by atoms with van der Waals surface area (Å²) in [6, 6.07) is 8.80. The average Bonchev–Trinajstić information content (AvgIpc) is 3.14. The van der Waals surface area contributed by atoms with Crippen LogP contribution < -0.4 is 10.1 Å². The number of aryl methyl sites for hydroxylation is 1. The number of hydrogen-bond donors (Lipinski definition) is 1. The number of hydrogen-bond acceptors (Lipinski definition) is 6. The number of amides is 1. The van der Waals surface area contributed by atoms with E-state index in [1.165, 1.54) is 19.2 Å². The molecule has 0 aliphatic rings. The largest absolute Gasteiger partial charge is 0.495 e. The summed E-state index contributed by atoms with van der Waals surface area (Å²) in [5, 5.41) is 6.01. The van der Waals surface area contributed by atoms with Crippen molar-refractivity contribution in [3.8, 4) is 17.1 Å². The molecule has 0 aliphatic heterocycles. The quantitative estimate of drug-likeness (QED) is 0.606. The molecule has 3 rings (SSSR count). The highest BCUT2D eigenvalue weighted by molar-refractivity contribution is 7.91. The molecule has 0 aliphatic carbocycles. The predicted molar refractivity (Wildman–Crippen MR) is 105 cm³/mol. The van der Waals surface area contributed by atoms with Crippen molar-refractivity contribution in [1.82, 2.24) is 5.16 Å². The number of benzene rings is 2. The fourth-order valence-electron chi connectivity index (χ4n) is 2.71. The zero-order valence-corrected chi connectivity index (χ0v) is 16.9. The van der Waals surface area contributed by atoms with Gasteiger partial charge in [0.1, 0.15) is 22.3 Å². The molecule has 0 saturated heterocycles. The number of methoxy groups -OCH3 is 1. The van der Waals surface area contributed by atoms with Crippen LogP contribution in [0.1, 0.15) is 12.1 Å². The minimum Gasteiger partial charge on any atom is -0.495 e. The molecular formula is C20H18F2N2O5S. The van der Waals surface area contributed by atoms with E-state index in [2.05, 4.69) is 10.5 Å². The van der Waals surface area contributed by atoms with Gasteiger partial charge in [-0.2, -0.15) is 0 Å². The lowest BCUT2D eigenvalue weighted by atomic mass is 10.1. The van der Waals surface area contributed by atoms with Crippen LogP contribution in [-0.2, 0) is 14.6 Å². The highest BCUT2D eigenvalue weighted by Crippen LogP contribution is 2.31. The minimum atomic E-state index is -3.93. The van der Waals surface area contributed by atoms with Gasteiger partial charge in [0.15, 0.2) is 15.6 Å². The topological polar surface area (TPSA) is 98.5 Å². The maximum absolute atomic E-state index is 13.7. The molecule has 7 nitrogen and oxygen atoms in total. The third kappa shape index (κ3) is 4.82. The highest BCUT2D eigenvalue weighted by atomic mass is 32.2. The Hall–Kier alpha value is -3.27. The van der Waals surface area contributed by atoms with Gasteiger partial charge in [0.05, 0.1) is 24.2 Å². The van der Waals surface area contributed by atoms with Gasteiger partial charge in [-0.15, -0.1) is 0 Å². The molecule has 0 bridgehead atoms. The van der Waals surface area contributed by atoms with Crippen molar-refractivity contribution in [3.05, 3.63) is 59.8 Å². The normalized spacial score (nSPS) is 11.3. The van der Waals surface area contributed by atoms with Crippen LogP contribution in [0.4, 0.5) is 14.5 Å². The van der Waals surface area contributed by atoms with E-state index in [1.54, 1.807) is 19.1 Å². The van der Waals surface area contributed by atoms with Crippen LogP contribution in [0.2, 0.25) is 0 Å². The minimum absolute atomic E-state index is 0.111. The molecule has 1 aromatic heterocycles. The van der Waals surface area contributed by atoms with Gasteiger partial charge in [-0.3, -0.25) is 4.79 Å². The van der Waals surface area contributed by atoms with Crippen molar-refractivity contribution in [1.29, 1.82) is 0 Å². The molecule has 1 amide bonds. The van der Waals surface area contributed by atoms with Gasteiger partial charge < -0.3 is 14.6 Å². The first-order valence-corrected chi connectivity index (χ1v) is 10.4. The van der Waals surface area contributed by atoms with E-state index in [0.29, 0.717) is 23.1 Å². The zero-order valence-electron chi connectivity index (χ0n) is 16.1. The number of nitrogens with zero attached hydrogens (tertiary/aromatic N) is 1. The SMILES string of the molecule is COc1ccc(-c2cc(C)no2)cc1S(=O)(=O)CCC(=O)Nc1ccc(F)cc1F.